The third-order valence-corrected chi connectivity index (χ3v) is 4.25. The van der Waals surface area contributed by atoms with E-state index in [4.69, 9.17) is 0 Å². The lowest BCUT2D eigenvalue weighted by molar-refractivity contribution is 0.0667. The summed E-state index contributed by atoms with van der Waals surface area (Å²) in [4.78, 5) is 23.4. The molecule has 116 valence electrons. The minimum absolute atomic E-state index is 0.0555. The van der Waals surface area contributed by atoms with Crippen molar-refractivity contribution in [1.82, 2.24) is 24.6 Å². The van der Waals surface area contributed by atoms with Gasteiger partial charge >= 0.3 is 0 Å². The second-order valence-corrected chi connectivity index (χ2v) is 5.78. The Kier molecular flexibility index (Phi) is 3.49. The topological polar surface area (TPSA) is 63.9 Å². The average Bonchev–Trinajstić information content (AvgIpc) is 3.15. The molecule has 0 saturated carbocycles. The van der Waals surface area contributed by atoms with Crippen LogP contribution in [0.5, 0.6) is 0 Å². The van der Waals surface area contributed by atoms with Crippen LogP contribution in [0.25, 0.3) is 11.0 Å². The lowest BCUT2D eigenvalue weighted by Gasteiger charge is -2.32. The molecule has 3 aromatic rings. The SMILES string of the molecule is O=C(c1cnc2ccccc2n1)N1CCC[C@@H](n2cccn2)C1. The number of carbonyl (C=O) groups excluding carboxylic acids is 1. The molecule has 6 nitrogen and oxygen atoms in total. The van der Waals surface area contributed by atoms with Crippen molar-refractivity contribution in [3.05, 3.63) is 54.6 Å². The van der Waals surface area contributed by atoms with Crippen molar-refractivity contribution < 1.29 is 4.79 Å². The van der Waals surface area contributed by atoms with Crippen LogP contribution >= 0.6 is 0 Å². The summed E-state index contributed by atoms with van der Waals surface area (Å²) in [6, 6.07) is 9.73. The van der Waals surface area contributed by atoms with Gasteiger partial charge in [-0.05, 0) is 31.0 Å². The zero-order valence-corrected chi connectivity index (χ0v) is 12.7. The van der Waals surface area contributed by atoms with Crippen molar-refractivity contribution >= 4 is 16.9 Å². The van der Waals surface area contributed by atoms with Gasteiger partial charge in [0.25, 0.3) is 5.91 Å². The number of aromatic nitrogens is 4. The molecule has 2 aromatic heterocycles. The number of carbonyl (C=O) groups is 1. The first kappa shape index (κ1) is 13.9. The molecule has 23 heavy (non-hydrogen) atoms. The summed E-state index contributed by atoms with van der Waals surface area (Å²) in [5.41, 5.74) is 1.96. The second kappa shape index (κ2) is 5.79. The molecule has 0 aliphatic carbocycles. The number of amides is 1. The molecule has 1 fully saturated rings. The third kappa shape index (κ3) is 2.67. The van der Waals surface area contributed by atoms with E-state index in [2.05, 4.69) is 15.1 Å². The number of rotatable bonds is 2. The molecule has 0 bridgehead atoms. The number of hydrogen-bond donors (Lipinski definition) is 0. The molecule has 1 aromatic carbocycles. The summed E-state index contributed by atoms with van der Waals surface area (Å²) < 4.78 is 1.94. The van der Waals surface area contributed by atoms with E-state index in [1.165, 1.54) is 0 Å². The molecule has 1 aliphatic rings. The highest BCUT2D eigenvalue weighted by molar-refractivity contribution is 5.93. The lowest BCUT2D eigenvalue weighted by Crippen LogP contribution is -2.41. The van der Waals surface area contributed by atoms with Crippen molar-refractivity contribution in [3.8, 4) is 0 Å². The van der Waals surface area contributed by atoms with Crippen LogP contribution in [0.4, 0.5) is 0 Å². The number of fused-ring (bicyclic) bond motifs is 1. The van der Waals surface area contributed by atoms with Gasteiger partial charge in [0.15, 0.2) is 0 Å². The molecule has 0 spiro atoms. The summed E-state index contributed by atoms with van der Waals surface area (Å²) in [5.74, 6) is -0.0555. The monoisotopic (exact) mass is 307 g/mol. The summed E-state index contributed by atoms with van der Waals surface area (Å²) in [6.45, 7) is 1.42. The molecule has 3 heterocycles. The van der Waals surface area contributed by atoms with Gasteiger partial charge in [-0.25, -0.2) is 4.98 Å². The highest BCUT2D eigenvalue weighted by atomic mass is 16.2. The molecule has 1 atom stereocenters. The van der Waals surface area contributed by atoms with Gasteiger partial charge in [0.05, 0.1) is 23.3 Å². The van der Waals surface area contributed by atoms with E-state index in [0.717, 1.165) is 30.4 Å². The van der Waals surface area contributed by atoms with Crippen LogP contribution in [0.2, 0.25) is 0 Å². The number of para-hydroxylation sites is 2. The summed E-state index contributed by atoms with van der Waals surface area (Å²) in [5, 5.41) is 4.30. The molecular weight excluding hydrogens is 290 g/mol. The predicted octanol–water partition coefficient (Wildman–Crippen LogP) is 2.30. The molecule has 0 N–H and O–H groups in total. The Morgan fingerprint density at radius 3 is 2.87 bits per heavy atom. The van der Waals surface area contributed by atoms with E-state index in [1.807, 2.05) is 46.1 Å². The maximum absolute atomic E-state index is 12.8. The third-order valence-electron chi connectivity index (χ3n) is 4.25. The maximum Gasteiger partial charge on any atom is 0.274 e. The largest absolute Gasteiger partial charge is 0.335 e. The van der Waals surface area contributed by atoms with Gasteiger partial charge in [-0.15, -0.1) is 0 Å². The van der Waals surface area contributed by atoms with Crippen LogP contribution in [-0.2, 0) is 0 Å². The van der Waals surface area contributed by atoms with E-state index < -0.39 is 0 Å². The van der Waals surface area contributed by atoms with Gasteiger partial charge in [0, 0.05) is 25.5 Å². The zero-order valence-electron chi connectivity index (χ0n) is 12.7. The Labute approximate surface area is 133 Å². The molecular formula is C17H17N5O. The highest BCUT2D eigenvalue weighted by Gasteiger charge is 2.26. The smallest absolute Gasteiger partial charge is 0.274 e. The number of hydrogen-bond acceptors (Lipinski definition) is 4. The molecule has 1 aliphatic heterocycles. The van der Waals surface area contributed by atoms with Crippen molar-refractivity contribution in [2.75, 3.05) is 13.1 Å². The fourth-order valence-corrected chi connectivity index (χ4v) is 3.07. The Balaban J connectivity index is 1.57. The van der Waals surface area contributed by atoms with Crippen molar-refractivity contribution in [3.63, 3.8) is 0 Å². The first-order valence-corrected chi connectivity index (χ1v) is 7.81. The van der Waals surface area contributed by atoms with Crippen molar-refractivity contribution in [2.45, 2.75) is 18.9 Å². The van der Waals surface area contributed by atoms with Crippen LogP contribution in [-0.4, -0.2) is 43.6 Å². The van der Waals surface area contributed by atoms with E-state index in [-0.39, 0.29) is 11.9 Å². The quantitative estimate of drug-likeness (QED) is 0.729. The predicted molar refractivity (Wildman–Crippen MR) is 85.9 cm³/mol. The summed E-state index contributed by atoms with van der Waals surface area (Å²) in [6.07, 6.45) is 7.30. The standard InChI is InChI=1S/C17H17N5O/c23-17(16-11-18-14-6-1-2-7-15(14)20-16)21-9-3-5-13(12-21)22-10-4-8-19-22/h1-2,4,6-8,10-11,13H,3,5,9,12H2/t13-/m1/s1. The minimum atomic E-state index is -0.0555. The van der Waals surface area contributed by atoms with Gasteiger partial charge in [-0.3, -0.25) is 14.5 Å². The molecule has 1 saturated heterocycles. The number of nitrogens with zero attached hydrogens (tertiary/aromatic N) is 5. The number of likely N-dealkylation sites (tertiary alicyclic amines) is 1. The number of benzene rings is 1. The van der Waals surface area contributed by atoms with Crippen molar-refractivity contribution in [2.24, 2.45) is 0 Å². The molecule has 0 unspecified atom stereocenters. The molecule has 1 amide bonds. The lowest BCUT2D eigenvalue weighted by atomic mass is 10.1. The van der Waals surface area contributed by atoms with Crippen LogP contribution in [0.1, 0.15) is 29.4 Å². The molecule has 6 heteroatoms. The van der Waals surface area contributed by atoms with E-state index >= 15 is 0 Å². The molecule has 0 radical (unpaired) electrons. The van der Waals surface area contributed by atoms with Gasteiger partial charge in [-0.1, -0.05) is 12.1 Å². The average molecular weight is 307 g/mol. The Morgan fingerprint density at radius 2 is 2.04 bits per heavy atom. The highest BCUT2D eigenvalue weighted by Crippen LogP contribution is 2.22. The van der Waals surface area contributed by atoms with Crippen LogP contribution in [0.15, 0.2) is 48.9 Å². The van der Waals surface area contributed by atoms with Gasteiger partial charge < -0.3 is 4.90 Å². The van der Waals surface area contributed by atoms with E-state index in [1.54, 1.807) is 12.4 Å². The van der Waals surface area contributed by atoms with E-state index in [9.17, 15) is 4.79 Å². The normalized spacial score (nSPS) is 18.3. The second-order valence-electron chi connectivity index (χ2n) is 5.78. The first-order chi connectivity index (χ1) is 11.3. The van der Waals surface area contributed by atoms with Gasteiger partial charge in [-0.2, -0.15) is 5.10 Å². The Hall–Kier alpha value is -2.76. The number of piperidine rings is 1. The molecule has 4 rings (SSSR count). The summed E-state index contributed by atoms with van der Waals surface area (Å²) >= 11 is 0. The van der Waals surface area contributed by atoms with E-state index in [0.29, 0.717) is 12.2 Å². The summed E-state index contributed by atoms with van der Waals surface area (Å²) in [7, 11) is 0. The Morgan fingerprint density at radius 1 is 1.17 bits per heavy atom. The first-order valence-electron chi connectivity index (χ1n) is 7.81. The zero-order chi connectivity index (χ0) is 15.6. The fraction of sp³-hybridized carbons (Fsp3) is 0.294. The van der Waals surface area contributed by atoms with Gasteiger partial charge in [0.1, 0.15) is 5.69 Å². The van der Waals surface area contributed by atoms with Crippen LogP contribution < -0.4 is 0 Å². The minimum Gasteiger partial charge on any atom is -0.335 e. The fourth-order valence-electron chi connectivity index (χ4n) is 3.07. The van der Waals surface area contributed by atoms with Crippen LogP contribution in [0, 0.1) is 0 Å². The Bertz CT molecular complexity index is 830. The van der Waals surface area contributed by atoms with Crippen molar-refractivity contribution in [1.29, 1.82) is 0 Å². The van der Waals surface area contributed by atoms with Crippen LogP contribution in [0.3, 0.4) is 0 Å². The maximum atomic E-state index is 12.8. The van der Waals surface area contributed by atoms with Gasteiger partial charge in [0.2, 0.25) is 0 Å².